The average molecular weight is 183 g/mol. The Labute approximate surface area is 79.6 Å². The van der Waals surface area contributed by atoms with Gasteiger partial charge in [0.25, 0.3) is 0 Å². The third kappa shape index (κ3) is 1.32. The summed E-state index contributed by atoms with van der Waals surface area (Å²) in [4.78, 5) is 2.31. The number of halogens is 1. The van der Waals surface area contributed by atoms with Crippen LogP contribution >= 0.6 is 0 Å². The third-order valence-electron chi connectivity index (χ3n) is 3.31. The Morgan fingerprint density at radius 2 is 2.38 bits per heavy atom. The fraction of sp³-hybridized carbons (Fsp3) is 0.818. The topological polar surface area (TPSA) is 3.24 Å². The predicted molar refractivity (Wildman–Crippen MR) is 52.2 cm³/mol. The maximum absolute atomic E-state index is 13.7. The van der Waals surface area contributed by atoms with Gasteiger partial charge >= 0.3 is 0 Å². The number of rotatable bonds is 2. The zero-order valence-corrected chi connectivity index (χ0v) is 8.52. The van der Waals surface area contributed by atoms with Crippen LogP contribution in [0, 0.1) is 5.92 Å². The molecule has 2 heteroatoms. The standard InChI is InChI=1S/C11H18FN/c1-9(2)8-11-5-3-6-13(11)7-4-10(11)12/h4,9H,3,5-8H2,1-2H3. The van der Waals surface area contributed by atoms with E-state index < -0.39 is 0 Å². The van der Waals surface area contributed by atoms with Crippen LogP contribution in [0.5, 0.6) is 0 Å². The molecule has 2 heterocycles. The van der Waals surface area contributed by atoms with Crippen LogP contribution in [0.1, 0.15) is 33.1 Å². The Kier molecular flexibility index (Phi) is 2.18. The van der Waals surface area contributed by atoms with Gasteiger partial charge in [-0.2, -0.15) is 0 Å². The quantitative estimate of drug-likeness (QED) is 0.636. The van der Waals surface area contributed by atoms with Crippen molar-refractivity contribution in [3.63, 3.8) is 0 Å². The average Bonchev–Trinajstić information content (AvgIpc) is 2.53. The van der Waals surface area contributed by atoms with E-state index >= 15 is 0 Å². The van der Waals surface area contributed by atoms with E-state index in [9.17, 15) is 4.39 Å². The molecular weight excluding hydrogens is 165 g/mol. The lowest BCUT2D eigenvalue weighted by Gasteiger charge is -2.33. The second-order valence-corrected chi connectivity index (χ2v) is 4.73. The molecule has 2 aliphatic heterocycles. The maximum Gasteiger partial charge on any atom is 0.118 e. The van der Waals surface area contributed by atoms with Gasteiger partial charge in [-0.15, -0.1) is 0 Å². The van der Waals surface area contributed by atoms with Crippen LogP contribution in [-0.2, 0) is 0 Å². The van der Waals surface area contributed by atoms with Crippen LogP contribution < -0.4 is 0 Å². The fourth-order valence-electron chi connectivity index (χ4n) is 2.86. The maximum atomic E-state index is 13.7. The molecule has 1 nitrogen and oxygen atoms in total. The highest BCUT2D eigenvalue weighted by Gasteiger charge is 2.47. The minimum Gasteiger partial charge on any atom is -0.288 e. The zero-order valence-electron chi connectivity index (χ0n) is 8.52. The molecule has 1 atom stereocenters. The largest absolute Gasteiger partial charge is 0.288 e. The van der Waals surface area contributed by atoms with Crippen LogP contribution in [0.2, 0.25) is 0 Å². The zero-order chi connectivity index (χ0) is 9.47. The molecule has 1 fully saturated rings. The number of nitrogens with zero attached hydrogens (tertiary/aromatic N) is 1. The van der Waals surface area contributed by atoms with Crippen LogP contribution in [0.4, 0.5) is 4.39 Å². The van der Waals surface area contributed by atoms with Gasteiger partial charge in [-0.1, -0.05) is 13.8 Å². The van der Waals surface area contributed by atoms with Crippen LogP contribution in [0.15, 0.2) is 11.9 Å². The fourth-order valence-corrected chi connectivity index (χ4v) is 2.86. The Balaban J connectivity index is 2.20. The van der Waals surface area contributed by atoms with E-state index in [2.05, 4.69) is 18.7 Å². The van der Waals surface area contributed by atoms with Crippen molar-refractivity contribution in [2.75, 3.05) is 13.1 Å². The smallest absolute Gasteiger partial charge is 0.118 e. The molecule has 0 spiro atoms. The highest BCUT2D eigenvalue weighted by molar-refractivity contribution is 5.23. The second-order valence-electron chi connectivity index (χ2n) is 4.73. The summed E-state index contributed by atoms with van der Waals surface area (Å²) in [5, 5.41) is 0. The molecule has 0 saturated carbocycles. The SMILES string of the molecule is CC(C)CC12CCCN1CC=C2F. The highest BCUT2D eigenvalue weighted by Crippen LogP contribution is 2.44. The van der Waals surface area contributed by atoms with Crippen LogP contribution in [0.3, 0.4) is 0 Å². The summed E-state index contributed by atoms with van der Waals surface area (Å²) in [6, 6.07) is 0. The van der Waals surface area contributed by atoms with E-state index in [1.165, 1.54) is 0 Å². The van der Waals surface area contributed by atoms with Crippen LogP contribution in [0.25, 0.3) is 0 Å². The van der Waals surface area contributed by atoms with Crippen molar-refractivity contribution >= 4 is 0 Å². The summed E-state index contributed by atoms with van der Waals surface area (Å²) in [6.45, 7) is 6.27. The molecule has 0 N–H and O–H groups in total. The minimum absolute atomic E-state index is 0.138. The number of hydrogen-bond acceptors (Lipinski definition) is 1. The molecule has 2 rings (SSSR count). The van der Waals surface area contributed by atoms with Crippen molar-refractivity contribution in [3.05, 3.63) is 11.9 Å². The molecular formula is C11H18FN. The first-order valence-corrected chi connectivity index (χ1v) is 5.26. The monoisotopic (exact) mass is 183 g/mol. The summed E-state index contributed by atoms with van der Waals surface area (Å²) in [5.74, 6) is 0.719. The van der Waals surface area contributed by atoms with Gasteiger partial charge in [-0.05, 0) is 37.8 Å². The van der Waals surface area contributed by atoms with Gasteiger partial charge in [0.15, 0.2) is 0 Å². The molecule has 0 aromatic rings. The number of fused-ring (bicyclic) bond motifs is 1. The Bertz CT molecular complexity index is 234. The Morgan fingerprint density at radius 3 is 3.08 bits per heavy atom. The number of hydrogen-bond donors (Lipinski definition) is 0. The van der Waals surface area contributed by atoms with E-state index in [0.717, 1.165) is 32.4 Å². The molecule has 2 aliphatic rings. The van der Waals surface area contributed by atoms with Crippen molar-refractivity contribution in [2.24, 2.45) is 5.92 Å². The Morgan fingerprint density at radius 1 is 1.62 bits per heavy atom. The van der Waals surface area contributed by atoms with Gasteiger partial charge in [0.2, 0.25) is 0 Å². The summed E-state index contributed by atoms with van der Waals surface area (Å²) in [5.41, 5.74) is -0.186. The van der Waals surface area contributed by atoms with Crippen molar-refractivity contribution in [3.8, 4) is 0 Å². The van der Waals surface area contributed by atoms with E-state index in [0.29, 0.717) is 5.92 Å². The van der Waals surface area contributed by atoms with E-state index in [1.54, 1.807) is 6.08 Å². The predicted octanol–water partition coefficient (Wildman–Crippen LogP) is 2.73. The van der Waals surface area contributed by atoms with Crippen molar-refractivity contribution in [1.29, 1.82) is 0 Å². The molecule has 1 unspecified atom stereocenters. The first-order chi connectivity index (χ1) is 6.15. The van der Waals surface area contributed by atoms with Gasteiger partial charge in [0.05, 0.1) is 5.54 Å². The summed E-state index contributed by atoms with van der Waals surface area (Å²) < 4.78 is 13.7. The third-order valence-corrected chi connectivity index (χ3v) is 3.31. The van der Waals surface area contributed by atoms with Crippen molar-refractivity contribution in [2.45, 2.75) is 38.6 Å². The van der Waals surface area contributed by atoms with Gasteiger partial charge in [0, 0.05) is 6.54 Å². The van der Waals surface area contributed by atoms with Crippen molar-refractivity contribution < 1.29 is 4.39 Å². The lowest BCUT2D eigenvalue weighted by molar-refractivity contribution is 0.159. The lowest BCUT2D eigenvalue weighted by Crippen LogP contribution is -2.41. The molecule has 0 radical (unpaired) electrons. The molecule has 0 aliphatic carbocycles. The molecule has 13 heavy (non-hydrogen) atoms. The van der Waals surface area contributed by atoms with E-state index in [4.69, 9.17) is 0 Å². The van der Waals surface area contributed by atoms with Crippen molar-refractivity contribution in [1.82, 2.24) is 4.90 Å². The Hall–Kier alpha value is -0.370. The van der Waals surface area contributed by atoms with Gasteiger partial charge in [-0.25, -0.2) is 4.39 Å². The van der Waals surface area contributed by atoms with Gasteiger partial charge in [-0.3, -0.25) is 4.90 Å². The molecule has 0 bridgehead atoms. The van der Waals surface area contributed by atoms with Gasteiger partial charge in [0.1, 0.15) is 5.83 Å². The van der Waals surface area contributed by atoms with E-state index in [-0.39, 0.29) is 11.4 Å². The first kappa shape index (κ1) is 9.20. The lowest BCUT2D eigenvalue weighted by atomic mass is 9.86. The summed E-state index contributed by atoms with van der Waals surface area (Å²) >= 11 is 0. The van der Waals surface area contributed by atoms with Crippen LogP contribution in [-0.4, -0.2) is 23.5 Å². The summed E-state index contributed by atoms with van der Waals surface area (Å²) in [7, 11) is 0. The normalized spacial score (nSPS) is 34.0. The highest BCUT2D eigenvalue weighted by atomic mass is 19.1. The molecule has 1 saturated heterocycles. The summed E-state index contributed by atoms with van der Waals surface area (Å²) in [6.07, 6.45) is 4.93. The molecule has 0 amide bonds. The molecule has 0 aromatic heterocycles. The first-order valence-electron chi connectivity index (χ1n) is 5.26. The molecule has 0 aromatic carbocycles. The van der Waals surface area contributed by atoms with E-state index in [1.807, 2.05) is 0 Å². The molecule has 74 valence electrons. The van der Waals surface area contributed by atoms with Gasteiger partial charge < -0.3 is 0 Å². The second kappa shape index (κ2) is 3.09. The minimum atomic E-state index is -0.186.